The average molecular weight is 572 g/mol. The summed E-state index contributed by atoms with van der Waals surface area (Å²) >= 11 is 0. The predicted molar refractivity (Wildman–Crippen MR) is 109 cm³/mol. The third-order valence-electron chi connectivity index (χ3n) is 4.61. The quantitative estimate of drug-likeness (QED) is 0.0830. The van der Waals surface area contributed by atoms with Gasteiger partial charge in [0, 0.05) is 4.91 Å². The largest absolute Gasteiger partial charge is 0.490 e. The van der Waals surface area contributed by atoms with E-state index in [-0.39, 0.29) is 17.0 Å². The first-order valence-electron chi connectivity index (χ1n) is 8.92. The number of nitriles is 1. The minimum absolute atomic E-state index is 0.0497. The normalized spacial score (nSPS) is 29.7. The molecule has 36 heavy (non-hydrogen) atoms. The van der Waals surface area contributed by atoms with E-state index in [0.29, 0.717) is 0 Å². The molecular weight excluding hydrogens is 557 g/mol. The van der Waals surface area contributed by atoms with Gasteiger partial charge in [-0.2, -0.15) is 19.0 Å². The van der Waals surface area contributed by atoms with Crippen molar-refractivity contribution in [2.24, 2.45) is 5.11 Å². The van der Waals surface area contributed by atoms with E-state index in [9.17, 15) is 39.0 Å². The average Bonchev–Trinajstić information content (AvgIpc) is 3.26. The number of phosphoric acid groups is 3. The van der Waals surface area contributed by atoms with E-state index < -0.39 is 53.6 Å². The van der Waals surface area contributed by atoms with Gasteiger partial charge in [0.1, 0.15) is 30.1 Å². The highest BCUT2D eigenvalue weighted by Crippen LogP contribution is 2.66. The van der Waals surface area contributed by atoms with E-state index in [1.807, 2.05) is 0 Å². The van der Waals surface area contributed by atoms with E-state index in [2.05, 4.69) is 33.3 Å². The van der Waals surface area contributed by atoms with Crippen LogP contribution in [0.15, 0.2) is 23.6 Å². The Morgan fingerprint density at radius 3 is 2.47 bits per heavy atom. The third kappa shape index (κ3) is 5.28. The van der Waals surface area contributed by atoms with Gasteiger partial charge in [-0.05, 0) is 17.7 Å². The Morgan fingerprint density at radius 1 is 1.22 bits per heavy atom. The number of aliphatic hydroxyl groups excluding tert-OH is 2. The van der Waals surface area contributed by atoms with E-state index in [0.717, 1.165) is 10.8 Å². The van der Waals surface area contributed by atoms with Gasteiger partial charge in [0.15, 0.2) is 5.82 Å². The molecule has 6 atom stereocenters. The first-order valence-corrected chi connectivity index (χ1v) is 13.4. The van der Waals surface area contributed by atoms with Gasteiger partial charge in [0.05, 0.1) is 12.3 Å². The summed E-state index contributed by atoms with van der Waals surface area (Å²) in [5.41, 5.74) is 9.17. The lowest BCUT2D eigenvalue weighted by Gasteiger charge is -2.28. The van der Waals surface area contributed by atoms with Crippen molar-refractivity contribution in [2.75, 3.05) is 12.3 Å². The molecule has 2 aromatic heterocycles. The van der Waals surface area contributed by atoms with Gasteiger partial charge in [-0.1, -0.05) is 5.11 Å². The first kappa shape index (κ1) is 28.1. The lowest BCUT2D eigenvalue weighted by molar-refractivity contribution is -0.129. The zero-order valence-corrected chi connectivity index (χ0v) is 19.9. The van der Waals surface area contributed by atoms with Crippen LogP contribution >= 0.6 is 23.5 Å². The summed E-state index contributed by atoms with van der Waals surface area (Å²) in [4.78, 5) is 42.2. The van der Waals surface area contributed by atoms with Crippen molar-refractivity contribution >= 4 is 34.8 Å². The summed E-state index contributed by atoms with van der Waals surface area (Å²) in [6, 6.07) is 4.13. The van der Waals surface area contributed by atoms with Gasteiger partial charge in [0.25, 0.3) is 0 Å². The first-order chi connectivity index (χ1) is 16.5. The van der Waals surface area contributed by atoms with Gasteiger partial charge in [-0.3, -0.25) is 4.52 Å². The fraction of sp³-hybridized carbons (Fsp3) is 0.417. The second-order valence-electron chi connectivity index (χ2n) is 6.90. The van der Waals surface area contributed by atoms with Crippen LogP contribution in [0, 0.1) is 11.3 Å². The van der Waals surface area contributed by atoms with E-state index >= 15 is 0 Å². The Balaban J connectivity index is 1.97. The maximum Gasteiger partial charge on any atom is 0.490 e. The lowest BCUT2D eigenvalue weighted by atomic mass is 9.91. The molecule has 2 unspecified atom stereocenters. The standard InChI is InChI=1S/C12H15N8O13P3/c13-3-11(7-2-1-6-10(14)16-5-17-20(6)7)8(21)9(22)12(31-11,18-19-15)4-30-35(26,27)33-36(28,29)32-34(23,24)25/h1-2,5,8-9,21-22H,4H2,(H,26,27)(H,28,29)(H2,14,16,17)(H2,23,24,25)/t8-,9+,11+,12-/m1/s1. The summed E-state index contributed by atoms with van der Waals surface area (Å²) in [5, 5.41) is 38.3. The van der Waals surface area contributed by atoms with Gasteiger partial charge < -0.3 is 40.3 Å². The number of hydrogen-bond donors (Lipinski definition) is 7. The Morgan fingerprint density at radius 2 is 1.89 bits per heavy atom. The van der Waals surface area contributed by atoms with Crippen LogP contribution in [0.5, 0.6) is 0 Å². The smallest absolute Gasteiger partial charge is 0.387 e. The molecule has 21 nitrogen and oxygen atoms in total. The topological polar surface area (TPSA) is 338 Å². The van der Waals surface area contributed by atoms with Crippen LogP contribution in [0.25, 0.3) is 16.0 Å². The van der Waals surface area contributed by atoms with Crippen LogP contribution in [0.2, 0.25) is 0 Å². The molecule has 1 aliphatic heterocycles. The molecule has 3 heterocycles. The molecule has 196 valence electrons. The molecule has 8 N–H and O–H groups in total. The zero-order valence-electron chi connectivity index (χ0n) is 17.2. The predicted octanol–water partition coefficient (Wildman–Crippen LogP) is -0.868. The number of nitrogens with two attached hydrogens (primary N) is 1. The highest BCUT2D eigenvalue weighted by Gasteiger charge is 2.65. The van der Waals surface area contributed by atoms with Crippen molar-refractivity contribution in [3.05, 3.63) is 34.6 Å². The van der Waals surface area contributed by atoms with Crippen molar-refractivity contribution < 1.29 is 61.4 Å². The number of ether oxygens (including phenoxy) is 1. The molecule has 0 radical (unpaired) electrons. The number of hydrogen-bond acceptors (Lipinski definition) is 14. The number of rotatable bonds is 9. The maximum absolute atomic E-state index is 12.1. The zero-order chi connectivity index (χ0) is 27.2. The van der Waals surface area contributed by atoms with E-state index in [4.69, 9.17) is 25.8 Å². The summed E-state index contributed by atoms with van der Waals surface area (Å²) in [5.74, 6) is -0.0497. The number of anilines is 1. The second-order valence-corrected chi connectivity index (χ2v) is 11.3. The summed E-state index contributed by atoms with van der Waals surface area (Å²) < 4.78 is 52.3. The third-order valence-corrected chi connectivity index (χ3v) is 8.39. The maximum atomic E-state index is 12.1. The molecule has 0 aromatic carbocycles. The highest BCUT2D eigenvalue weighted by molar-refractivity contribution is 7.66. The molecule has 1 saturated heterocycles. The molecule has 3 rings (SSSR count). The Bertz CT molecular complexity index is 1420. The Kier molecular flexibility index (Phi) is 7.36. The number of azide groups is 1. The van der Waals surface area contributed by atoms with Crippen molar-refractivity contribution in [2.45, 2.75) is 23.5 Å². The van der Waals surface area contributed by atoms with Gasteiger partial charge in [0.2, 0.25) is 11.3 Å². The molecule has 0 spiro atoms. The van der Waals surface area contributed by atoms with Crippen LogP contribution < -0.4 is 5.73 Å². The van der Waals surface area contributed by atoms with Crippen LogP contribution in [-0.4, -0.2) is 68.9 Å². The fourth-order valence-corrected chi connectivity index (χ4v) is 6.27. The molecular formula is C12H15N8O13P3. The number of nitrogen functional groups attached to an aromatic ring is 1. The fourth-order valence-electron chi connectivity index (χ4n) is 3.23. The number of fused-ring (bicyclic) bond motifs is 1. The monoisotopic (exact) mass is 572 g/mol. The van der Waals surface area contributed by atoms with Gasteiger partial charge in [-0.15, -0.1) is 0 Å². The van der Waals surface area contributed by atoms with Crippen LogP contribution in [-0.2, 0) is 37.2 Å². The molecule has 0 aliphatic carbocycles. The van der Waals surface area contributed by atoms with Crippen LogP contribution in [0.1, 0.15) is 5.69 Å². The molecule has 0 bridgehead atoms. The Hall–Kier alpha value is -2.49. The van der Waals surface area contributed by atoms with Gasteiger partial charge in [-0.25, -0.2) is 23.2 Å². The number of phosphoric ester groups is 1. The second kappa shape index (κ2) is 9.43. The van der Waals surface area contributed by atoms with Crippen molar-refractivity contribution in [3.8, 4) is 6.07 Å². The minimum Gasteiger partial charge on any atom is -0.387 e. The minimum atomic E-state index is -5.90. The molecule has 1 fully saturated rings. The van der Waals surface area contributed by atoms with Crippen LogP contribution in [0.4, 0.5) is 5.82 Å². The number of aliphatic hydroxyl groups is 2. The van der Waals surface area contributed by atoms with Crippen molar-refractivity contribution in [3.63, 3.8) is 0 Å². The molecule has 0 saturated carbocycles. The van der Waals surface area contributed by atoms with E-state index in [1.54, 1.807) is 6.07 Å². The number of aromatic nitrogens is 3. The van der Waals surface area contributed by atoms with E-state index in [1.165, 1.54) is 12.1 Å². The molecule has 0 amide bonds. The molecule has 24 heteroatoms. The summed E-state index contributed by atoms with van der Waals surface area (Å²) in [7, 11) is -17.4. The summed E-state index contributed by atoms with van der Waals surface area (Å²) in [6.45, 7) is -1.51. The van der Waals surface area contributed by atoms with Gasteiger partial charge >= 0.3 is 23.5 Å². The SMILES string of the molecule is N#C[C@@]1(c2ccc3c(N)ncnn23)O[C@@](COP(=O)(O)OP(=O)(O)OP(=O)(O)O)(N=[N+]=[N-])[C@@H](O)[C@H]1O. The highest BCUT2D eigenvalue weighted by atomic mass is 31.3. The Labute approximate surface area is 198 Å². The van der Waals surface area contributed by atoms with Crippen molar-refractivity contribution in [1.82, 2.24) is 14.6 Å². The van der Waals surface area contributed by atoms with Crippen LogP contribution in [0.3, 0.4) is 0 Å². The lowest BCUT2D eigenvalue weighted by Crippen LogP contribution is -2.45. The van der Waals surface area contributed by atoms with Crippen molar-refractivity contribution in [1.29, 1.82) is 5.26 Å². The molecule has 2 aromatic rings. The molecule has 1 aliphatic rings. The number of nitrogens with zero attached hydrogens (tertiary/aromatic N) is 7. The summed E-state index contributed by atoms with van der Waals surface area (Å²) in [6.07, 6.45) is -3.58.